The van der Waals surface area contributed by atoms with Crippen molar-refractivity contribution in [1.82, 2.24) is 0 Å². The highest BCUT2D eigenvalue weighted by Gasteiger charge is 2.51. The molecule has 2 aromatic carbocycles. The topological polar surface area (TPSA) is 70.8 Å². The van der Waals surface area contributed by atoms with Gasteiger partial charge >= 0.3 is 0 Å². The number of furan rings is 1. The zero-order chi connectivity index (χ0) is 19.9. The minimum Gasteiger partial charge on any atom is -0.458 e. The van der Waals surface area contributed by atoms with Crippen molar-refractivity contribution >= 4 is 29.0 Å². The third kappa shape index (κ3) is 3.13. The molecule has 3 aromatic rings. The van der Waals surface area contributed by atoms with Crippen LogP contribution in [0.4, 0.5) is 5.69 Å². The third-order valence-electron chi connectivity index (χ3n) is 4.90. The van der Waals surface area contributed by atoms with Gasteiger partial charge in [0.1, 0.15) is 5.76 Å². The number of halogens is 1. The molecular weight excluding hydrogens is 378 g/mol. The van der Waals surface area contributed by atoms with Gasteiger partial charge in [-0.3, -0.25) is 9.59 Å². The number of fused-ring (bicyclic) bond motifs is 1. The van der Waals surface area contributed by atoms with Crippen LogP contribution in [0, 0.1) is 6.92 Å². The Labute approximate surface area is 167 Å². The fourth-order valence-electron chi connectivity index (χ4n) is 3.56. The van der Waals surface area contributed by atoms with Crippen molar-refractivity contribution in [3.8, 4) is 0 Å². The van der Waals surface area contributed by atoms with E-state index in [1.54, 1.807) is 61.5 Å². The maximum atomic E-state index is 13.2. The summed E-state index contributed by atoms with van der Waals surface area (Å²) in [4.78, 5) is 27.3. The number of para-hydroxylation sites is 1. The average molecular weight is 396 g/mol. The zero-order valence-corrected chi connectivity index (χ0v) is 15.9. The maximum absolute atomic E-state index is 13.2. The van der Waals surface area contributed by atoms with E-state index in [0.717, 1.165) is 5.56 Å². The molecule has 4 rings (SSSR count). The van der Waals surface area contributed by atoms with Crippen LogP contribution in [0.1, 0.15) is 33.9 Å². The summed E-state index contributed by atoms with van der Waals surface area (Å²) in [6, 6.07) is 17.4. The maximum Gasteiger partial charge on any atom is 0.264 e. The van der Waals surface area contributed by atoms with Gasteiger partial charge in [0.25, 0.3) is 5.91 Å². The molecule has 2 heterocycles. The molecule has 1 aliphatic heterocycles. The van der Waals surface area contributed by atoms with Crippen LogP contribution in [0.2, 0.25) is 5.02 Å². The van der Waals surface area contributed by atoms with Crippen molar-refractivity contribution < 1.29 is 19.1 Å². The van der Waals surface area contributed by atoms with Crippen LogP contribution in [0.25, 0.3) is 0 Å². The number of nitrogens with zero attached hydrogens (tertiary/aromatic N) is 1. The summed E-state index contributed by atoms with van der Waals surface area (Å²) in [6.07, 6.45) is -0.387. The van der Waals surface area contributed by atoms with Crippen LogP contribution in [-0.4, -0.2) is 16.8 Å². The SMILES string of the molecule is Cc1ccc(C(=O)C[C@@]2(O)C(=O)N(Cc3cccc(Cl)c3)c3ccccc32)o1. The molecule has 0 aliphatic carbocycles. The van der Waals surface area contributed by atoms with Gasteiger partial charge in [0.15, 0.2) is 11.4 Å². The number of hydrogen-bond acceptors (Lipinski definition) is 4. The summed E-state index contributed by atoms with van der Waals surface area (Å²) in [5.41, 5.74) is -0.114. The number of rotatable bonds is 5. The number of amides is 1. The Morgan fingerprint density at radius 2 is 1.93 bits per heavy atom. The Hall–Kier alpha value is -2.89. The van der Waals surface area contributed by atoms with Crippen LogP contribution in [0.15, 0.2) is 65.1 Å². The second-order valence-corrected chi connectivity index (χ2v) is 7.35. The van der Waals surface area contributed by atoms with Gasteiger partial charge in [-0.2, -0.15) is 0 Å². The predicted molar refractivity (Wildman–Crippen MR) is 105 cm³/mol. The fourth-order valence-corrected chi connectivity index (χ4v) is 3.77. The first-order valence-electron chi connectivity index (χ1n) is 8.86. The molecule has 1 aromatic heterocycles. The summed E-state index contributed by atoms with van der Waals surface area (Å²) >= 11 is 6.05. The number of aliphatic hydroxyl groups is 1. The van der Waals surface area contributed by atoms with Crippen molar-refractivity contribution in [2.75, 3.05) is 4.90 Å². The largest absolute Gasteiger partial charge is 0.458 e. The van der Waals surface area contributed by atoms with Crippen LogP contribution in [-0.2, 0) is 16.9 Å². The van der Waals surface area contributed by atoms with Crippen LogP contribution < -0.4 is 4.90 Å². The van der Waals surface area contributed by atoms with Gasteiger partial charge in [-0.25, -0.2) is 0 Å². The van der Waals surface area contributed by atoms with Crippen molar-refractivity contribution in [2.24, 2.45) is 0 Å². The summed E-state index contributed by atoms with van der Waals surface area (Å²) in [6.45, 7) is 1.97. The minimum absolute atomic E-state index is 0.129. The second kappa shape index (κ2) is 6.93. The van der Waals surface area contributed by atoms with Crippen molar-refractivity contribution in [3.05, 3.63) is 88.3 Å². The molecule has 5 nitrogen and oxygen atoms in total. The molecule has 0 unspecified atom stereocenters. The molecular formula is C22H18ClNO4. The van der Waals surface area contributed by atoms with Crippen molar-refractivity contribution in [3.63, 3.8) is 0 Å². The zero-order valence-electron chi connectivity index (χ0n) is 15.2. The van der Waals surface area contributed by atoms with Gasteiger partial charge in [0.2, 0.25) is 5.78 Å². The fraction of sp³-hybridized carbons (Fsp3) is 0.182. The summed E-state index contributed by atoms with van der Waals surface area (Å²) in [5.74, 6) is -0.241. The Balaban J connectivity index is 1.68. The number of hydrogen-bond donors (Lipinski definition) is 1. The van der Waals surface area contributed by atoms with E-state index in [2.05, 4.69) is 0 Å². The van der Waals surface area contributed by atoms with Crippen molar-refractivity contribution in [1.29, 1.82) is 0 Å². The first-order valence-corrected chi connectivity index (χ1v) is 9.24. The van der Waals surface area contributed by atoms with E-state index in [4.69, 9.17) is 16.0 Å². The third-order valence-corrected chi connectivity index (χ3v) is 5.14. The van der Waals surface area contributed by atoms with Gasteiger partial charge in [0, 0.05) is 10.6 Å². The van der Waals surface area contributed by atoms with Gasteiger partial charge < -0.3 is 14.4 Å². The molecule has 1 N–H and O–H groups in total. The Kier molecular flexibility index (Phi) is 4.57. The van der Waals surface area contributed by atoms with Crippen molar-refractivity contribution in [2.45, 2.75) is 25.5 Å². The molecule has 0 fully saturated rings. The Morgan fingerprint density at radius 1 is 1.14 bits per heavy atom. The van der Waals surface area contributed by atoms with E-state index in [1.165, 1.54) is 4.90 Å². The summed E-state index contributed by atoms with van der Waals surface area (Å²) < 4.78 is 5.36. The highest BCUT2D eigenvalue weighted by molar-refractivity contribution is 6.30. The first-order chi connectivity index (χ1) is 13.4. The number of anilines is 1. The van der Waals surface area contributed by atoms with E-state index < -0.39 is 17.3 Å². The quantitative estimate of drug-likeness (QED) is 0.655. The average Bonchev–Trinajstić information content (AvgIpc) is 3.19. The minimum atomic E-state index is -1.94. The molecule has 0 saturated heterocycles. The summed E-state index contributed by atoms with van der Waals surface area (Å²) in [5, 5.41) is 11.8. The van der Waals surface area contributed by atoms with Gasteiger partial charge in [-0.1, -0.05) is 41.9 Å². The summed E-state index contributed by atoms with van der Waals surface area (Å²) in [7, 11) is 0. The molecule has 6 heteroatoms. The van der Waals surface area contributed by atoms with E-state index in [0.29, 0.717) is 22.0 Å². The lowest BCUT2D eigenvalue weighted by Crippen LogP contribution is -2.41. The predicted octanol–water partition coefficient (Wildman–Crippen LogP) is 4.25. The number of Topliss-reactive ketones (excluding diaryl/α,β-unsaturated/α-hetero) is 1. The highest BCUT2D eigenvalue weighted by Crippen LogP contribution is 2.43. The number of ketones is 1. The molecule has 28 heavy (non-hydrogen) atoms. The number of aryl methyl sites for hydroxylation is 1. The molecule has 1 atom stereocenters. The number of carbonyl (C=O) groups excluding carboxylic acids is 2. The first kappa shape index (κ1) is 18.5. The smallest absolute Gasteiger partial charge is 0.264 e. The lowest BCUT2D eigenvalue weighted by atomic mass is 9.89. The molecule has 0 saturated carbocycles. The molecule has 1 aliphatic rings. The highest BCUT2D eigenvalue weighted by atomic mass is 35.5. The van der Waals surface area contributed by atoms with Crippen LogP contribution in [0.3, 0.4) is 0 Å². The normalized spacial score (nSPS) is 18.4. The van der Waals surface area contributed by atoms with E-state index >= 15 is 0 Å². The van der Waals surface area contributed by atoms with Crippen LogP contribution in [0.5, 0.6) is 0 Å². The van der Waals surface area contributed by atoms with Gasteiger partial charge in [-0.15, -0.1) is 0 Å². The molecule has 0 spiro atoms. The molecule has 0 bridgehead atoms. The second-order valence-electron chi connectivity index (χ2n) is 6.91. The van der Waals surface area contributed by atoms with E-state index in [9.17, 15) is 14.7 Å². The molecule has 142 valence electrons. The van der Waals surface area contributed by atoms with Crippen LogP contribution >= 0.6 is 11.6 Å². The monoisotopic (exact) mass is 395 g/mol. The van der Waals surface area contributed by atoms with E-state index in [1.807, 2.05) is 6.07 Å². The lowest BCUT2D eigenvalue weighted by Gasteiger charge is -2.22. The number of carbonyl (C=O) groups is 2. The Bertz CT molecular complexity index is 1070. The van der Waals surface area contributed by atoms with E-state index in [-0.39, 0.29) is 18.7 Å². The lowest BCUT2D eigenvalue weighted by molar-refractivity contribution is -0.136. The number of benzene rings is 2. The Morgan fingerprint density at radius 3 is 2.64 bits per heavy atom. The van der Waals surface area contributed by atoms with Gasteiger partial charge in [-0.05, 0) is 42.8 Å². The standard InChI is InChI=1S/C22H18ClNO4/c1-14-9-10-20(28-14)19(25)12-22(27)17-7-2-3-8-18(17)24(21(22)26)13-15-5-4-6-16(23)11-15/h2-11,27H,12-13H2,1H3/t22-/m0/s1. The molecule has 0 radical (unpaired) electrons. The van der Waals surface area contributed by atoms with Gasteiger partial charge in [0.05, 0.1) is 18.7 Å². The molecule has 1 amide bonds.